The summed E-state index contributed by atoms with van der Waals surface area (Å²) in [4.78, 5) is 44.6. The summed E-state index contributed by atoms with van der Waals surface area (Å²) >= 11 is 0. The zero-order valence-electron chi connectivity index (χ0n) is 25.7. The lowest BCUT2D eigenvalue weighted by atomic mass is 10.1. The van der Waals surface area contributed by atoms with Gasteiger partial charge in [0.25, 0.3) is 0 Å². The summed E-state index contributed by atoms with van der Waals surface area (Å²) in [5.41, 5.74) is 5.25. The Morgan fingerprint density at radius 1 is 0.837 bits per heavy atom. The molecule has 0 aromatic heterocycles. The van der Waals surface area contributed by atoms with Crippen molar-refractivity contribution in [2.45, 2.75) is 122 Å². The lowest BCUT2D eigenvalue weighted by molar-refractivity contribution is -0.161. The van der Waals surface area contributed by atoms with Gasteiger partial charge in [0, 0.05) is 25.5 Å². The van der Waals surface area contributed by atoms with Gasteiger partial charge in [-0.05, 0) is 44.6 Å². The van der Waals surface area contributed by atoms with Gasteiger partial charge in [0.05, 0.1) is 19.3 Å². The largest absolute Gasteiger partial charge is 0.478 e. The van der Waals surface area contributed by atoms with Crippen LogP contribution in [0.25, 0.3) is 0 Å². The van der Waals surface area contributed by atoms with Crippen molar-refractivity contribution in [1.82, 2.24) is 0 Å². The minimum Gasteiger partial charge on any atom is -0.478 e. The Morgan fingerprint density at radius 3 is 2.05 bits per heavy atom. The number of hydrogen-bond donors (Lipinski definition) is 4. The van der Waals surface area contributed by atoms with E-state index in [1.807, 2.05) is 0 Å². The second kappa shape index (κ2) is 27.5. The molecule has 0 spiro atoms. The summed E-state index contributed by atoms with van der Waals surface area (Å²) in [5, 5.41) is 18.3. The maximum Gasteiger partial charge on any atom is 0.472 e. The molecule has 0 amide bonds. The number of esters is 2. The Labute approximate surface area is 256 Å². The van der Waals surface area contributed by atoms with E-state index < -0.39 is 51.2 Å². The van der Waals surface area contributed by atoms with Gasteiger partial charge >= 0.3 is 25.7 Å². The summed E-state index contributed by atoms with van der Waals surface area (Å²) < 4.78 is 31.8. The average Bonchev–Trinajstić information content (AvgIpc) is 2.97. The fourth-order valence-corrected chi connectivity index (χ4v) is 4.66. The number of allylic oxidation sites excluding steroid dienone is 2. The van der Waals surface area contributed by atoms with Crippen molar-refractivity contribution in [1.29, 1.82) is 0 Å². The number of carbonyl (C=O) groups excluding carboxylic acids is 2. The third-order valence-electron chi connectivity index (χ3n) is 6.27. The van der Waals surface area contributed by atoms with Gasteiger partial charge < -0.3 is 30.3 Å². The number of carbonyl (C=O) groups is 3. The second-order valence-electron chi connectivity index (χ2n) is 10.3. The number of phosphoric acid groups is 1. The normalized spacial score (nSPS) is 14.5. The van der Waals surface area contributed by atoms with Crippen molar-refractivity contribution in [3.63, 3.8) is 0 Å². The molecule has 0 aromatic carbocycles. The topological polar surface area (TPSA) is 192 Å². The highest BCUT2D eigenvalue weighted by Gasteiger charge is 2.26. The molecule has 0 aliphatic heterocycles. The highest BCUT2D eigenvalue weighted by atomic mass is 31.2. The minimum absolute atomic E-state index is 0.0149. The van der Waals surface area contributed by atoms with Gasteiger partial charge in [0.15, 0.2) is 6.10 Å². The molecule has 12 nitrogen and oxygen atoms in total. The van der Waals surface area contributed by atoms with E-state index in [2.05, 4.69) is 23.6 Å². The van der Waals surface area contributed by atoms with E-state index in [9.17, 15) is 28.9 Å². The quantitative estimate of drug-likeness (QED) is 0.0271. The van der Waals surface area contributed by atoms with Gasteiger partial charge in [-0.3, -0.25) is 18.6 Å². The van der Waals surface area contributed by atoms with Crippen molar-refractivity contribution >= 4 is 25.7 Å². The van der Waals surface area contributed by atoms with Crippen LogP contribution in [0.1, 0.15) is 110 Å². The van der Waals surface area contributed by atoms with Crippen LogP contribution < -0.4 is 5.73 Å². The standard InChI is InChI=1S/C30H54NO11P/c1-2-3-4-5-6-7-8-9-10-11-12-13-14-15-16-17-29(35)39-24-27(25-41-43(37,38)40-23-22-31)42-30(36)21-19-26(32)18-20-28(33)34/h9-10,18,20,26-27,32H,2-8,11-17,19,21-25,31H2,1H3,(H,33,34)(H,37,38)/b10-9-,20-18+/t26?,27-/m1/s1. The number of nitrogens with two attached hydrogens (primary N) is 1. The zero-order chi connectivity index (χ0) is 32.2. The molecule has 3 atom stereocenters. The van der Waals surface area contributed by atoms with Gasteiger partial charge in [-0.1, -0.05) is 70.4 Å². The second-order valence-corrected chi connectivity index (χ2v) is 11.8. The zero-order valence-corrected chi connectivity index (χ0v) is 26.6. The molecule has 0 saturated carbocycles. The molecule has 0 aromatic rings. The van der Waals surface area contributed by atoms with Crippen LogP contribution in [0.2, 0.25) is 0 Å². The van der Waals surface area contributed by atoms with Gasteiger partial charge in [-0.25, -0.2) is 9.36 Å². The van der Waals surface area contributed by atoms with Crippen LogP contribution in [0.5, 0.6) is 0 Å². The molecule has 2 unspecified atom stereocenters. The first-order valence-corrected chi connectivity index (χ1v) is 17.0. The fourth-order valence-electron chi connectivity index (χ4n) is 3.90. The van der Waals surface area contributed by atoms with E-state index in [0.717, 1.165) is 50.7 Å². The molecule has 0 heterocycles. The number of carboxylic acid groups (broad SMARTS) is 1. The number of aliphatic carboxylic acids is 1. The first-order chi connectivity index (χ1) is 20.6. The number of aliphatic hydroxyl groups excluding tert-OH is 1. The highest BCUT2D eigenvalue weighted by molar-refractivity contribution is 7.47. The maximum absolute atomic E-state index is 12.2. The van der Waals surface area contributed by atoms with Crippen LogP contribution in [0.15, 0.2) is 24.3 Å². The summed E-state index contributed by atoms with van der Waals surface area (Å²) in [6, 6.07) is 0. The van der Waals surface area contributed by atoms with Crippen molar-refractivity contribution in [3.05, 3.63) is 24.3 Å². The molecular weight excluding hydrogens is 581 g/mol. The molecule has 43 heavy (non-hydrogen) atoms. The predicted octanol–water partition coefficient (Wildman–Crippen LogP) is 5.35. The van der Waals surface area contributed by atoms with Crippen LogP contribution >= 0.6 is 7.82 Å². The Balaban J connectivity index is 4.33. The van der Waals surface area contributed by atoms with Crippen molar-refractivity contribution in [3.8, 4) is 0 Å². The average molecular weight is 636 g/mol. The highest BCUT2D eigenvalue weighted by Crippen LogP contribution is 2.43. The predicted molar refractivity (Wildman–Crippen MR) is 163 cm³/mol. The number of carboxylic acids is 1. The minimum atomic E-state index is -4.47. The molecule has 0 radical (unpaired) electrons. The van der Waals surface area contributed by atoms with Gasteiger partial charge in [-0.15, -0.1) is 0 Å². The summed E-state index contributed by atoms with van der Waals surface area (Å²) in [7, 11) is -4.47. The molecule has 0 saturated heterocycles. The Morgan fingerprint density at radius 2 is 1.44 bits per heavy atom. The van der Waals surface area contributed by atoms with Crippen molar-refractivity contribution < 1.29 is 52.6 Å². The monoisotopic (exact) mass is 635 g/mol. The summed E-state index contributed by atoms with van der Waals surface area (Å²) in [6.45, 7) is 0.981. The molecule has 0 rings (SSSR count). The van der Waals surface area contributed by atoms with Crippen LogP contribution in [-0.2, 0) is 37.5 Å². The van der Waals surface area contributed by atoms with E-state index in [1.165, 1.54) is 38.5 Å². The van der Waals surface area contributed by atoms with Gasteiger partial charge in [0.1, 0.15) is 6.61 Å². The third kappa shape index (κ3) is 28.4. The molecule has 0 bridgehead atoms. The Hall–Kier alpha value is -2.08. The number of ether oxygens (including phenoxy) is 2. The lowest BCUT2D eigenvalue weighted by Gasteiger charge is -2.20. The van der Waals surface area contributed by atoms with Crippen molar-refractivity contribution in [2.24, 2.45) is 5.73 Å². The number of phosphoric ester groups is 1. The molecule has 13 heteroatoms. The maximum atomic E-state index is 12.2. The third-order valence-corrected chi connectivity index (χ3v) is 7.26. The molecule has 5 N–H and O–H groups in total. The number of unbranched alkanes of at least 4 members (excludes halogenated alkanes) is 11. The SMILES string of the molecule is CCCCCCCC/C=C\CCCCCCCC(=O)OC[C@H](COP(=O)(O)OCCN)OC(=O)CCC(O)/C=C/C(=O)O. The summed E-state index contributed by atoms with van der Waals surface area (Å²) in [5.74, 6) is -2.55. The fraction of sp³-hybridized carbons (Fsp3) is 0.767. The van der Waals surface area contributed by atoms with E-state index in [4.69, 9.17) is 24.8 Å². The molecular formula is C30H54NO11P. The summed E-state index contributed by atoms with van der Waals surface area (Å²) in [6.07, 6.45) is 18.5. The molecule has 0 fully saturated rings. The number of hydrogen-bond acceptors (Lipinski definition) is 10. The van der Waals surface area contributed by atoms with Crippen LogP contribution in [0, 0.1) is 0 Å². The van der Waals surface area contributed by atoms with Crippen molar-refractivity contribution in [2.75, 3.05) is 26.4 Å². The van der Waals surface area contributed by atoms with Crippen LogP contribution in [0.4, 0.5) is 0 Å². The van der Waals surface area contributed by atoms with Crippen LogP contribution in [0.3, 0.4) is 0 Å². The van der Waals surface area contributed by atoms with Gasteiger partial charge in [-0.2, -0.15) is 0 Å². The number of aliphatic hydroxyl groups is 1. The Bertz CT molecular complexity index is 850. The van der Waals surface area contributed by atoms with Gasteiger partial charge in [0.2, 0.25) is 0 Å². The first kappa shape index (κ1) is 40.9. The van der Waals surface area contributed by atoms with E-state index in [0.29, 0.717) is 6.42 Å². The Kier molecular flexibility index (Phi) is 26.1. The first-order valence-electron chi connectivity index (χ1n) is 15.5. The van der Waals surface area contributed by atoms with E-state index >= 15 is 0 Å². The van der Waals surface area contributed by atoms with E-state index in [-0.39, 0.29) is 32.4 Å². The smallest absolute Gasteiger partial charge is 0.472 e. The van der Waals surface area contributed by atoms with Crippen LogP contribution in [-0.4, -0.2) is 71.6 Å². The lowest BCUT2D eigenvalue weighted by Crippen LogP contribution is -2.30. The molecule has 0 aliphatic carbocycles. The molecule has 0 aliphatic rings. The van der Waals surface area contributed by atoms with E-state index in [1.54, 1.807) is 0 Å². The molecule has 250 valence electrons. The number of rotatable bonds is 29.